The zero-order chi connectivity index (χ0) is 17.6. The van der Waals surface area contributed by atoms with Gasteiger partial charge in [0.25, 0.3) is 5.91 Å². The van der Waals surface area contributed by atoms with Crippen LogP contribution >= 0.6 is 0 Å². The molecule has 25 heavy (non-hydrogen) atoms. The number of nitrogens with one attached hydrogen (secondary N) is 3. The number of H-pyrrole nitrogens is 1. The van der Waals surface area contributed by atoms with Crippen LogP contribution in [0.25, 0.3) is 10.9 Å². The molecule has 1 heterocycles. The lowest BCUT2D eigenvalue weighted by molar-refractivity contribution is -0.120. The summed E-state index contributed by atoms with van der Waals surface area (Å²) in [5.41, 5.74) is 2.28. The van der Waals surface area contributed by atoms with E-state index in [2.05, 4.69) is 15.6 Å². The maximum absolute atomic E-state index is 12.3. The van der Waals surface area contributed by atoms with Crippen LogP contribution in [-0.2, 0) is 11.3 Å². The molecule has 0 aliphatic rings. The predicted octanol–water partition coefficient (Wildman–Crippen LogP) is 2.22. The number of benzene rings is 2. The molecule has 0 bridgehead atoms. The molecule has 2 aromatic carbocycles. The molecule has 0 unspecified atom stereocenters. The molecule has 2 amide bonds. The Hall–Kier alpha value is -3.28. The van der Waals surface area contributed by atoms with Gasteiger partial charge in [0, 0.05) is 29.2 Å². The molecular formula is C19H19N3O3. The topological polar surface area (TPSA) is 83.2 Å². The predicted molar refractivity (Wildman–Crippen MR) is 95.5 cm³/mol. The second-order valence-corrected chi connectivity index (χ2v) is 5.52. The first-order valence-corrected chi connectivity index (χ1v) is 7.92. The third kappa shape index (κ3) is 3.80. The van der Waals surface area contributed by atoms with E-state index in [9.17, 15) is 9.59 Å². The summed E-state index contributed by atoms with van der Waals surface area (Å²) in [7, 11) is 1.59. The second-order valence-electron chi connectivity index (χ2n) is 5.52. The zero-order valence-corrected chi connectivity index (χ0v) is 13.8. The molecule has 0 saturated carbocycles. The molecule has 0 aliphatic heterocycles. The van der Waals surface area contributed by atoms with E-state index in [1.807, 2.05) is 48.5 Å². The Morgan fingerprint density at radius 1 is 1.04 bits per heavy atom. The lowest BCUT2D eigenvalue weighted by Gasteiger charge is -2.10. The van der Waals surface area contributed by atoms with Crippen LogP contribution in [0, 0.1) is 0 Å². The average Bonchev–Trinajstić information content (AvgIpc) is 3.09. The van der Waals surface area contributed by atoms with Gasteiger partial charge in [-0.25, -0.2) is 0 Å². The molecule has 3 aromatic rings. The van der Waals surface area contributed by atoms with E-state index in [0.29, 0.717) is 17.9 Å². The summed E-state index contributed by atoms with van der Waals surface area (Å²) in [5.74, 6) is 0.162. The van der Waals surface area contributed by atoms with Crippen molar-refractivity contribution in [3.05, 3.63) is 65.9 Å². The number of hydrogen-bond donors (Lipinski definition) is 3. The number of aromatic amines is 1. The highest BCUT2D eigenvalue weighted by molar-refractivity contribution is 6.07. The molecule has 3 rings (SSSR count). The largest absolute Gasteiger partial charge is 0.496 e. The normalized spacial score (nSPS) is 10.4. The van der Waals surface area contributed by atoms with Crippen molar-refractivity contribution in [1.82, 2.24) is 15.6 Å². The fourth-order valence-electron chi connectivity index (χ4n) is 2.62. The van der Waals surface area contributed by atoms with Crippen molar-refractivity contribution in [2.75, 3.05) is 13.7 Å². The fraction of sp³-hybridized carbons (Fsp3) is 0.158. The quantitative estimate of drug-likeness (QED) is 0.645. The Morgan fingerprint density at radius 3 is 2.64 bits per heavy atom. The number of amides is 2. The molecule has 0 saturated heterocycles. The van der Waals surface area contributed by atoms with Gasteiger partial charge >= 0.3 is 0 Å². The van der Waals surface area contributed by atoms with Crippen LogP contribution in [0.2, 0.25) is 0 Å². The van der Waals surface area contributed by atoms with E-state index in [4.69, 9.17) is 4.74 Å². The van der Waals surface area contributed by atoms with E-state index in [1.165, 1.54) is 0 Å². The second kappa shape index (κ2) is 7.53. The summed E-state index contributed by atoms with van der Waals surface area (Å²) in [6.45, 7) is 0.249. The van der Waals surface area contributed by atoms with Crippen molar-refractivity contribution in [3.63, 3.8) is 0 Å². The molecule has 0 spiro atoms. The van der Waals surface area contributed by atoms with E-state index in [0.717, 1.165) is 16.5 Å². The van der Waals surface area contributed by atoms with Crippen LogP contribution in [0.1, 0.15) is 15.9 Å². The summed E-state index contributed by atoms with van der Waals surface area (Å²) >= 11 is 0. The minimum atomic E-state index is -0.287. The zero-order valence-electron chi connectivity index (χ0n) is 13.8. The third-order valence-corrected chi connectivity index (χ3v) is 3.91. The first-order valence-electron chi connectivity index (χ1n) is 7.92. The highest BCUT2D eigenvalue weighted by Crippen LogP contribution is 2.17. The minimum Gasteiger partial charge on any atom is -0.496 e. The van der Waals surface area contributed by atoms with E-state index < -0.39 is 0 Å². The Balaban J connectivity index is 1.54. The van der Waals surface area contributed by atoms with Crippen molar-refractivity contribution >= 4 is 22.7 Å². The van der Waals surface area contributed by atoms with Gasteiger partial charge in [-0.1, -0.05) is 36.4 Å². The average molecular weight is 337 g/mol. The van der Waals surface area contributed by atoms with Crippen LogP contribution < -0.4 is 15.4 Å². The van der Waals surface area contributed by atoms with Gasteiger partial charge < -0.3 is 20.4 Å². The number of rotatable bonds is 6. The molecule has 6 nitrogen and oxygen atoms in total. The smallest absolute Gasteiger partial charge is 0.253 e. The summed E-state index contributed by atoms with van der Waals surface area (Å²) in [6.07, 6.45) is 1.65. The first-order chi connectivity index (χ1) is 12.2. The highest BCUT2D eigenvalue weighted by atomic mass is 16.5. The van der Waals surface area contributed by atoms with Gasteiger partial charge in [0.05, 0.1) is 19.2 Å². The Labute approximate surface area is 145 Å². The van der Waals surface area contributed by atoms with E-state index >= 15 is 0 Å². The third-order valence-electron chi connectivity index (χ3n) is 3.91. The van der Waals surface area contributed by atoms with Crippen LogP contribution in [0.15, 0.2) is 54.7 Å². The Kier molecular flexibility index (Phi) is 4.99. The van der Waals surface area contributed by atoms with Crippen molar-refractivity contribution in [3.8, 4) is 5.75 Å². The summed E-state index contributed by atoms with van der Waals surface area (Å²) in [6, 6.07) is 15.0. The molecule has 0 aliphatic carbocycles. The van der Waals surface area contributed by atoms with Gasteiger partial charge in [0.1, 0.15) is 5.75 Å². The minimum absolute atomic E-state index is 0.0898. The molecule has 0 fully saturated rings. The van der Waals surface area contributed by atoms with Crippen LogP contribution in [0.3, 0.4) is 0 Å². The lowest BCUT2D eigenvalue weighted by atomic mass is 10.1. The number of fused-ring (bicyclic) bond motifs is 1. The van der Waals surface area contributed by atoms with Crippen LogP contribution in [0.4, 0.5) is 0 Å². The van der Waals surface area contributed by atoms with Gasteiger partial charge in [0.2, 0.25) is 5.91 Å². The molecule has 6 heteroatoms. The monoisotopic (exact) mass is 337 g/mol. The molecule has 3 N–H and O–H groups in total. The van der Waals surface area contributed by atoms with Gasteiger partial charge in [-0.05, 0) is 12.1 Å². The maximum atomic E-state index is 12.3. The Bertz CT molecular complexity index is 902. The number of carbonyl (C=O) groups is 2. The molecular weight excluding hydrogens is 318 g/mol. The van der Waals surface area contributed by atoms with Gasteiger partial charge in [-0.3, -0.25) is 9.59 Å². The maximum Gasteiger partial charge on any atom is 0.253 e. The Morgan fingerprint density at radius 2 is 1.80 bits per heavy atom. The van der Waals surface area contributed by atoms with E-state index in [-0.39, 0.29) is 18.4 Å². The van der Waals surface area contributed by atoms with Crippen LogP contribution in [0.5, 0.6) is 5.75 Å². The number of carbonyl (C=O) groups excluding carboxylic acids is 2. The van der Waals surface area contributed by atoms with Crippen molar-refractivity contribution in [1.29, 1.82) is 0 Å². The highest BCUT2D eigenvalue weighted by Gasteiger charge is 2.13. The summed E-state index contributed by atoms with van der Waals surface area (Å²) in [5, 5.41) is 6.24. The van der Waals surface area contributed by atoms with Crippen molar-refractivity contribution in [2.45, 2.75) is 6.54 Å². The van der Waals surface area contributed by atoms with E-state index in [1.54, 1.807) is 13.3 Å². The first kappa shape index (κ1) is 16.6. The van der Waals surface area contributed by atoms with Crippen LogP contribution in [-0.4, -0.2) is 30.5 Å². The lowest BCUT2D eigenvalue weighted by Crippen LogP contribution is -2.36. The van der Waals surface area contributed by atoms with Gasteiger partial charge in [-0.2, -0.15) is 0 Å². The molecule has 1 aromatic heterocycles. The number of ether oxygens (including phenoxy) is 1. The number of methoxy groups -OCH3 is 1. The standard InChI is InChI=1S/C19H19N3O3/c1-25-17-9-5-2-6-13(17)10-21-18(23)12-22-19(24)15-11-20-16-8-4-3-7-14(15)16/h2-9,11,20H,10,12H2,1H3,(H,21,23)(H,22,24). The summed E-state index contributed by atoms with van der Waals surface area (Å²) < 4.78 is 5.24. The fourth-order valence-corrected chi connectivity index (χ4v) is 2.62. The molecule has 0 atom stereocenters. The number of para-hydroxylation sites is 2. The number of hydrogen-bond acceptors (Lipinski definition) is 3. The SMILES string of the molecule is COc1ccccc1CNC(=O)CNC(=O)c1c[nH]c2ccccc12. The molecule has 0 radical (unpaired) electrons. The van der Waals surface area contributed by atoms with Crippen molar-refractivity contribution < 1.29 is 14.3 Å². The van der Waals surface area contributed by atoms with Gasteiger partial charge in [0.15, 0.2) is 0 Å². The van der Waals surface area contributed by atoms with Crippen molar-refractivity contribution in [2.24, 2.45) is 0 Å². The molecule has 128 valence electrons. The number of aromatic nitrogens is 1. The summed E-state index contributed by atoms with van der Waals surface area (Å²) in [4.78, 5) is 27.3. The van der Waals surface area contributed by atoms with Gasteiger partial charge in [-0.15, -0.1) is 0 Å².